The topological polar surface area (TPSA) is 28.2 Å². The molecule has 112 valence electrons. The molecule has 1 aliphatic rings. The van der Waals surface area contributed by atoms with Crippen molar-refractivity contribution in [3.8, 4) is 0 Å². The lowest BCUT2D eigenvalue weighted by molar-refractivity contribution is 0.673. The molecule has 2 heterocycles. The van der Waals surface area contributed by atoms with Crippen LogP contribution in [0.5, 0.6) is 0 Å². The molecule has 4 heteroatoms. The molecule has 2 aromatic rings. The minimum Gasteiger partial charge on any atom is -0.348 e. The van der Waals surface area contributed by atoms with Crippen molar-refractivity contribution in [1.82, 2.24) is 10.3 Å². The second-order valence-electron chi connectivity index (χ2n) is 5.64. The zero-order valence-corrected chi connectivity index (χ0v) is 13.4. The van der Waals surface area contributed by atoms with Crippen molar-refractivity contribution in [3.63, 3.8) is 0 Å². The molecule has 0 aliphatic heterocycles. The van der Waals surface area contributed by atoms with Crippen LogP contribution >= 0.6 is 11.3 Å². The fourth-order valence-corrected chi connectivity index (χ4v) is 3.16. The molecule has 0 spiro atoms. The van der Waals surface area contributed by atoms with E-state index in [9.17, 15) is 0 Å². The zero-order chi connectivity index (χ0) is 14.5. The van der Waals surface area contributed by atoms with Crippen LogP contribution in [-0.4, -0.2) is 17.6 Å². The van der Waals surface area contributed by atoms with Gasteiger partial charge in [0.25, 0.3) is 0 Å². The van der Waals surface area contributed by atoms with Crippen molar-refractivity contribution in [2.75, 3.05) is 11.4 Å². The normalized spacial score (nSPS) is 14.3. The monoisotopic (exact) mass is 301 g/mol. The molecule has 3 nitrogen and oxygen atoms in total. The van der Waals surface area contributed by atoms with Crippen LogP contribution < -0.4 is 10.2 Å². The number of rotatable bonds is 8. The third-order valence-electron chi connectivity index (χ3n) is 3.75. The molecule has 0 radical (unpaired) electrons. The summed E-state index contributed by atoms with van der Waals surface area (Å²) in [7, 11) is 0. The van der Waals surface area contributed by atoms with Gasteiger partial charge in [-0.1, -0.05) is 19.1 Å². The Balaban J connectivity index is 1.65. The van der Waals surface area contributed by atoms with Crippen LogP contribution in [0.15, 0.2) is 35.8 Å². The molecule has 21 heavy (non-hydrogen) atoms. The van der Waals surface area contributed by atoms with Gasteiger partial charge in [0.05, 0.1) is 6.54 Å². The first kappa shape index (κ1) is 14.5. The van der Waals surface area contributed by atoms with Crippen molar-refractivity contribution in [3.05, 3.63) is 46.3 Å². The largest absolute Gasteiger partial charge is 0.348 e. The molecule has 0 aromatic carbocycles. The predicted molar refractivity (Wildman–Crippen MR) is 89.8 cm³/mol. The number of aromatic nitrogens is 1. The summed E-state index contributed by atoms with van der Waals surface area (Å²) < 4.78 is 0. The summed E-state index contributed by atoms with van der Waals surface area (Å²) in [6.45, 7) is 5.15. The van der Waals surface area contributed by atoms with Gasteiger partial charge in [0, 0.05) is 23.7 Å². The number of pyridine rings is 1. The fourth-order valence-electron chi connectivity index (χ4n) is 2.45. The Morgan fingerprint density at radius 3 is 2.86 bits per heavy atom. The molecule has 1 aliphatic carbocycles. The summed E-state index contributed by atoms with van der Waals surface area (Å²) >= 11 is 1.83. The van der Waals surface area contributed by atoms with Gasteiger partial charge in [0.2, 0.25) is 0 Å². The Hall–Kier alpha value is -1.39. The summed E-state index contributed by atoms with van der Waals surface area (Å²) in [5, 5.41) is 5.57. The van der Waals surface area contributed by atoms with Gasteiger partial charge in [-0.25, -0.2) is 4.98 Å². The van der Waals surface area contributed by atoms with Crippen LogP contribution in [-0.2, 0) is 13.1 Å². The first-order valence-electron chi connectivity index (χ1n) is 7.81. The lowest BCUT2D eigenvalue weighted by Gasteiger charge is -2.23. The smallest absolute Gasteiger partial charge is 0.129 e. The van der Waals surface area contributed by atoms with Gasteiger partial charge in [-0.3, -0.25) is 0 Å². The van der Waals surface area contributed by atoms with Crippen LogP contribution in [0.3, 0.4) is 0 Å². The van der Waals surface area contributed by atoms with Crippen LogP contribution in [0.2, 0.25) is 0 Å². The molecule has 0 atom stereocenters. The van der Waals surface area contributed by atoms with Crippen LogP contribution in [0.25, 0.3) is 0 Å². The Kier molecular flexibility index (Phi) is 4.88. The fraction of sp³-hybridized carbons (Fsp3) is 0.471. The average molecular weight is 301 g/mol. The second-order valence-corrected chi connectivity index (χ2v) is 6.67. The third kappa shape index (κ3) is 4.05. The molecule has 0 amide bonds. The predicted octanol–water partition coefficient (Wildman–Crippen LogP) is 3.81. The van der Waals surface area contributed by atoms with E-state index in [0.29, 0.717) is 6.04 Å². The van der Waals surface area contributed by atoms with Crippen LogP contribution in [0, 0.1) is 0 Å². The van der Waals surface area contributed by atoms with Crippen molar-refractivity contribution >= 4 is 17.2 Å². The average Bonchev–Trinajstić information content (AvgIpc) is 3.23. The third-order valence-corrected chi connectivity index (χ3v) is 4.61. The molecule has 0 saturated heterocycles. The van der Waals surface area contributed by atoms with E-state index in [0.717, 1.165) is 25.5 Å². The van der Waals surface area contributed by atoms with Crippen LogP contribution in [0.1, 0.15) is 36.6 Å². The van der Waals surface area contributed by atoms with Gasteiger partial charge in [-0.05, 0) is 48.9 Å². The summed E-state index contributed by atoms with van der Waals surface area (Å²) in [5.74, 6) is 1.12. The minimum absolute atomic E-state index is 0.684. The van der Waals surface area contributed by atoms with E-state index in [1.54, 1.807) is 0 Å². The number of nitrogens with zero attached hydrogens (tertiary/aromatic N) is 2. The molecule has 3 rings (SSSR count). The van der Waals surface area contributed by atoms with Crippen molar-refractivity contribution in [2.45, 2.75) is 45.3 Å². The number of anilines is 1. The van der Waals surface area contributed by atoms with Crippen molar-refractivity contribution in [2.24, 2.45) is 0 Å². The lowest BCUT2D eigenvalue weighted by Crippen LogP contribution is -2.25. The van der Waals surface area contributed by atoms with Gasteiger partial charge in [0.15, 0.2) is 0 Å². The number of thiophene rings is 1. The molecule has 1 N–H and O–H groups in total. The Labute approximate surface area is 131 Å². The van der Waals surface area contributed by atoms with E-state index in [4.69, 9.17) is 4.98 Å². The van der Waals surface area contributed by atoms with Crippen molar-refractivity contribution < 1.29 is 0 Å². The summed E-state index contributed by atoms with van der Waals surface area (Å²) in [6.07, 6.45) is 5.78. The highest BCUT2D eigenvalue weighted by molar-refractivity contribution is 7.09. The summed E-state index contributed by atoms with van der Waals surface area (Å²) in [5.41, 5.74) is 1.26. The van der Waals surface area contributed by atoms with E-state index in [2.05, 4.69) is 46.8 Å². The first-order chi connectivity index (χ1) is 10.4. The highest BCUT2D eigenvalue weighted by Crippen LogP contribution is 2.32. The zero-order valence-electron chi connectivity index (χ0n) is 12.6. The number of nitrogens with one attached hydrogen (secondary N) is 1. The van der Waals surface area contributed by atoms with E-state index < -0.39 is 0 Å². The first-order valence-corrected chi connectivity index (χ1v) is 8.69. The highest BCUT2D eigenvalue weighted by Gasteiger charge is 2.30. The highest BCUT2D eigenvalue weighted by atomic mass is 32.1. The van der Waals surface area contributed by atoms with Gasteiger partial charge in [-0.15, -0.1) is 11.3 Å². The van der Waals surface area contributed by atoms with Crippen LogP contribution in [0.4, 0.5) is 5.82 Å². The van der Waals surface area contributed by atoms with E-state index in [-0.39, 0.29) is 0 Å². The Morgan fingerprint density at radius 2 is 2.24 bits per heavy atom. The van der Waals surface area contributed by atoms with Gasteiger partial charge in [0.1, 0.15) is 5.82 Å². The molecular formula is C17H23N3S. The Bertz CT molecular complexity index is 532. The SMILES string of the molecule is CCCNCc1ccc(N(Cc2cccs2)C2CC2)nc1. The van der Waals surface area contributed by atoms with Gasteiger partial charge in [-0.2, -0.15) is 0 Å². The van der Waals surface area contributed by atoms with E-state index in [1.807, 2.05) is 17.5 Å². The number of hydrogen-bond acceptors (Lipinski definition) is 4. The molecule has 1 saturated carbocycles. The maximum absolute atomic E-state index is 4.69. The Morgan fingerprint density at radius 1 is 1.33 bits per heavy atom. The van der Waals surface area contributed by atoms with Gasteiger partial charge < -0.3 is 10.2 Å². The minimum atomic E-state index is 0.684. The lowest BCUT2D eigenvalue weighted by atomic mass is 10.2. The maximum Gasteiger partial charge on any atom is 0.129 e. The standard InChI is InChI=1S/C17H23N3S/c1-2-9-18-11-14-5-8-17(19-12-14)20(15-6-7-15)13-16-4-3-10-21-16/h3-5,8,10,12,15,18H,2,6-7,9,11,13H2,1H3. The maximum atomic E-state index is 4.69. The molecular weight excluding hydrogens is 278 g/mol. The quantitative estimate of drug-likeness (QED) is 0.751. The molecule has 0 bridgehead atoms. The summed E-state index contributed by atoms with van der Waals surface area (Å²) in [6, 6.07) is 9.40. The second kappa shape index (κ2) is 7.05. The van der Waals surface area contributed by atoms with Gasteiger partial charge >= 0.3 is 0 Å². The summed E-state index contributed by atoms with van der Waals surface area (Å²) in [4.78, 5) is 8.56. The van der Waals surface area contributed by atoms with Crippen molar-refractivity contribution in [1.29, 1.82) is 0 Å². The van der Waals surface area contributed by atoms with E-state index in [1.165, 1.54) is 29.7 Å². The molecule has 2 aromatic heterocycles. The molecule has 1 fully saturated rings. The van der Waals surface area contributed by atoms with E-state index >= 15 is 0 Å². The molecule has 0 unspecified atom stereocenters. The number of hydrogen-bond donors (Lipinski definition) is 1.